The van der Waals surface area contributed by atoms with Crippen molar-refractivity contribution in [3.8, 4) is 5.88 Å². The second-order valence-electron chi connectivity index (χ2n) is 6.64. The molecule has 25 heavy (non-hydrogen) atoms. The van der Waals surface area contributed by atoms with E-state index in [0.29, 0.717) is 30.6 Å². The van der Waals surface area contributed by atoms with Crippen LogP contribution in [0.2, 0.25) is 0 Å². The number of hydrogen-bond acceptors (Lipinski definition) is 4. The molecule has 0 bridgehead atoms. The number of benzene rings is 1. The van der Waals surface area contributed by atoms with Gasteiger partial charge in [0, 0.05) is 21.9 Å². The molecule has 4 nitrogen and oxygen atoms in total. The lowest BCUT2D eigenvalue weighted by Gasteiger charge is -2.38. The average Bonchev–Trinajstić information content (AvgIpc) is 2.52. The van der Waals surface area contributed by atoms with E-state index in [-0.39, 0.29) is 12.0 Å². The van der Waals surface area contributed by atoms with E-state index >= 15 is 0 Å². The fraction of sp³-hybridized carbons (Fsp3) is 0.400. The number of aryl methyl sites for hydroxylation is 1. The molecule has 1 fully saturated rings. The third-order valence-corrected chi connectivity index (χ3v) is 5.02. The highest BCUT2D eigenvalue weighted by molar-refractivity contribution is 7.99. The summed E-state index contributed by atoms with van der Waals surface area (Å²) in [6, 6.07) is 14.0. The molecule has 1 amide bonds. The van der Waals surface area contributed by atoms with Gasteiger partial charge in [0.1, 0.15) is 6.10 Å². The summed E-state index contributed by atoms with van der Waals surface area (Å²) >= 11 is 1.83. The number of thioether (sulfide) groups is 1. The molecule has 2 aromatic rings. The molecule has 0 N–H and O–H groups in total. The van der Waals surface area contributed by atoms with Crippen molar-refractivity contribution in [2.75, 3.05) is 13.1 Å². The summed E-state index contributed by atoms with van der Waals surface area (Å²) in [6.07, 6.45) is 0.491. The zero-order valence-corrected chi connectivity index (χ0v) is 15.8. The van der Waals surface area contributed by atoms with Crippen LogP contribution in [0.3, 0.4) is 0 Å². The fourth-order valence-electron chi connectivity index (χ4n) is 2.72. The predicted molar refractivity (Wildman–Crippen MR) is 101 cm³/mol. The Morgan fingerprint density at radius 2 is 1.96 bits per heavy atom. The van der Waals surface area contributed by atoms with Crippen molar-refractivity contribution in [1.82, 2.24) is 9.88 Å². The number of rotatable bonds is 6. The highest BCUT2D eigenvalue weighted by Gasteiger charge is 2.32. The van der Waals surface area contributed by atoms with Crippen molar-refractivity contribution < 1.29 is 9.53 Å². The van der Waals surface area contributed by atoms with Gasteiger partial charge in [0.2, 0.25) is 11.8 Å². The first-order chi connectivity index (χ1) is 12.0. The highest BCUT2D eigenvalue weighted by Crippen LogP contribution is 2.23. The molecule has 0 aliphatic carbocycles. The Balaban J connectivity index is 1.46. The lowest BCUT2D eigenvalue weighted by atomic mass is 10.1. The van der Waals surface area contributed by atoms with Crippen molar-refractivity contribution in [3.63, 3.8) is 0 Å². The van der Waals surface area contributed by atoms with Crippen molar-refractivity contribution in [1.29, 1.82) is 0 Å². The molecule has 1 saturated heterocycles. The first kappa shape index (κ1) is 17.8. The van der Waals surface area contributed by atoms with Crippen LogP contribution in [0.5, 0.6) is 5.88 Å². The standard InChI is InChI=1S/C20H24N2O2S/c1-14(2)25-18-9-7-16(8-10-18)11-20(23)22-12-17(13-22)24-19-6-4-5-15(3)21-19/h4-10,14,17H,11-13H2,1-3H3. The summed E-state index contributed by atoms with van der Waals surface area (Å²) in [4.78, 5) is 19.8. The van der Waals surface area contributed by atoms with Crippen molar-refractivity contribution in [3.05, 3.63) is 53.7 Å². The number of carbonyl (C=O) groups excluding carboxylic acids is 1. The Bertz CT molecular complexity index is 725. The molecular formula is C20H24N2O2S. The zero-order valence-electron chi connectivity index (χ0n) is 14.9. The Labute approximate surface area is 153 Å². The minimum atomic E-state index is 0.0445. The number of amides is 1. The molecule has 1 aliphatic heterocycles. The topological polar surface area (TPSA) is 42.4 Å². The summed E-state index contributed by atoms with van der Waals surface area (Å²) in [5.74, 6) is 0.789. The molecule has 0 unspecified atom stereocenters. The Morgan fingerprint density at radius 1 is 1.24 bits per heavy atom. The van der Waals surface area contributed by atoms with Gasteiger partial charge in [-0.3, -0.25) is 4.79 Å². The Kier molecular flexibility index (Phi) is 5.63. The van der Waals surface area contributed by atoms with E-state index in [1.54, 1.807) is 0 Å². The van der Waals surface area contributed by atoms with Crippen molar-refractivity contribution >= 4 is 17.7 Å². The molecule has 0 spiro atoms. The van der Waals surface area contributed by atoms with Gasteiger partial charge in [-0.2, -0.15) is 0 Å². The summed E-state index contributed by atoms with van der Waals surface area (Å²) in [5, 5.41) is 0.563. The quantitative estimate of drug-likeness (QED) is 0.740. The molecule has 1 aliphatic rings. The predicted octanol–water partition coefficient (Wildman–Crippen LogP) is 3.72. The normalized spacial score (nSPS) is 14.5. The second-order valence-corrected chi connectivity index (χ2v) is 8.29. The van der Waals surface area contributed by atoms with E-state index in [4.69, 9.17) is 4.74 Å². The smallest absolute Gasteiger partial charge is 0.227 e. The summed E-state index contributed by atoms with van der Waals surface area (Å²) < 4.78 is 5.81. The Morgan fingerprint density at radius 3 is 2.60 bits per heavy atom. The maximum atomic E-state index is 12.4. The van der Waals surface area contributed by atoms with Gasteiger partial charge in [-0.25, -0.2) is 4.98 Å². The van der Waals surface area contributed by atoms with Gasteiger partial charge in [0.05, 0.1) is 19.5 Å². The van der Waals surface area contributed by atoms with Crippen LogP contribution in [-0.4, -0.2) is 40.2 Å². The van der Waals surface area contributed by atoms with Gasteiger partial charge < -0.3 is 9.64 Å². The van der Waals surface area contributed by atoms with Crippen LogP contribution in [0.4, 0.5) is 0 Å². The maximum absolute atomic E-state index is 12.4. The summed E-state index contributed by atoms with van der Waals surface area (Å²) in [5.41, 5.74) is 1.99. The molecule has 1 aromatic carbocycles. The van der Waals surface area contributed by atoms with Gasteiger partial charge in [-0.05, 0) is 30.7 Å². The number of pyridine rings is 1. The number of aromatic nitrogens is 1. The molecular weight excluding hydrogens is 332 g/mol. The number of hydrogen-bond donors (Lipinski definition) is 0. The monoisotopic (exact) mass is 356 g/mol. The van der Waals surface area contributed by atoms with Crippen LogP contribution in [-0.2, 0) is 11.2 Å². The summed E-state index contributed by atoms with van der Waals surface area (Å²) in [7, 11) is 0. The number of ether oxygens (including phenoxy) is 1. The molecule has 1 aromatic heterocycles. The van der Waals surface area contributed by atoms with E-state index in [0.717, 1.165) is 11.3 Å². The third kappa shape index (κ3) is 4.98. The van der Waals surface area contributed by atoms with Crippen molar-refractivity contribution in [2.24, 2.45) is 0 Å². The molecule has 0 radical (unpaired) electrons. The molecule has 5 heteroatoms. The van der Waals surface area contributed by atoms with Crippen LogP contribution < -0.4 is 4.74 Å². The van der Waals surface area contributed by atoms with E-state index in [1.165, 1.54) is 4.90 Å². The van der Waals surface area contributed by atoms with Gasteiger partial charge in [0.15, 0.2) is 0 Å². The summed E-state index contributed by atoms with van der Waals surface area (Å²) in [6.45, 7) is 7.56. The van der Waals surface area contributed by atoms with E-state index in [9.17, 15) is 4.79 Å². The minimum absolute atomic E-state index is 0.0445. The van der Waals surface area contributed by atoms with Crippen LogP contribution in [0.1, 0.15) is 25.1 Å². The first-order valence-corrected chi connectivity index (χ1v) is 9.51. The van der Waals surface area contributed by atoms with Gasteiger partial charge in [-0.1, -0.05) is 32.0 Å². The van der Waals surface area contributed by atoms with Gasteiger partial charge >= 0.3 is 0 Å². The van der Waals surface area contributed by atoms with Crippen LogP contribution in [0, 0.1) is 6.92 Å². The zero-order chi connectivity index (χ0) is 17.8. The largest absolute Gasteiger partial charge is 0.471 e. The third-order valence-electron chi connectivity index (χ3n) is 4.00. The average molecular weight is 356 g/mol. The minimum Gasteiger partial charge on any atom is -0.471 e. The number of carbonyl (C=O) groups is 1. The number of likely N-dealkylation sites (tertiary alicyclic amines) is 1. The molecule has 2 heterocycles. The van der Waals surface area contributed by atoms with Crippen LogP contribution >= 0.6 is 11.8 Å². The van der Waals surface area contributed by atoms with Crippen LogP contribution in [0.15, 0.2) is 47.4 Å². The SMILES string of the molecule is Cc1cccc(OC2CN(C(=O)Cc3ccc(SC(C)C)cc3)C2)n1. The number of nitrogens with zero attached hydrogens (tertiary/aromatic N) is 2. The van der Waals surface area contributed by atoms with Gasteiger partial charge in [-0.15, -0.1) is 11.8 Å². The maximum Gasteiger partial charge on any atom is 0.227 e. The second kappa shape index (κ2) is 7.91. The highest BCUT2D eigenvalue weighted by atomic mass is 32.2. The molecule has 0 atom stereocenters. The lowest BCUT2D eigenvalue weighted by Crippen LogP contribution is -2.56. The van der Waals surface area contributed by atoms with Gasteiger partial charge in [0.25, 0.3) is 0 Å². The lowest BCUT2D eigenvalue weighted by molar-refractivity contribution is -0.139. The van der Waals surface area contributed by atoms with Crippen molar-refractivity contribution in [2.45, 2.75) is 43.4 Å². The molecule has 132 valence electrons. The Hall–Kier alpha value is -2.01. The van der Waals surface area contributed by atoms with E-state index in [2.05, 4.69) is 31.0 Å². The molecule has 3 rings (SSSR count). The fourth-order valence-corrected chi connectivity index (χ4v) is 3.55. The first-order valence-electron chi connectivity index (χ1n) is 8.63. The van der Waals surface area contributed by atoms with Crippen LogP contribution in [0.25, 0.3) is 0 Å². The van der Waals surface area contributed by atoms with E-state index < -0.39 is 0 Å². The van der Waals surface area contributed by atoms with E-state index in [1.807, 2.05) is 53.9 Å². The molecule has 0 saturated carbocycles.